The van der Waals surface area contributed by atoms with E-state index in [1.165, 1.54) is 11.8 Å². The predicted molar refractivity (Wildman–Crippen MR) is 119 cm³/mol. The van der Waals surface area contributed by atoms with Crippen LogP contribution in [0, 0.1) is 0 Å². The Morgan fingerprint density at radius 3 is 2.60 bits per heavy atom. The van der Waals surface area contributed by atoms with Crippen molar-refractivity contribution in [1.29, 1.82) is 0 Å². The van der Waals surface area contributed by atoms with Crippen molar-refractivity contribution in [3.05, 3.63) is 65.5 Å². The summed E-state index contributed by atoms with van der Waals surface area (Å²) < 4.78 is 7.18. The molecule has 1 aliphatic rings. The van der Waals surface area contributed by atoms with Crippen molar-refractivity contribution in [1.82, 2.24) is 14.9 Å². The third-order valence-electron chi connectivity index (χ3n) is 5.21. The quantitative estimate of drug-likeness (QED) is 0.628. The van der Waals surface area contributed by atoms with E-state index in [1.807, 2.05) is 60.1 Å². The number of fused-ring (bicyclic) bond motifs is 1. The molecule has 1 aliphatic heterocycles. The molecule has 0 aliphatic carbocycles. The van der Waals surface area contributed by atoms with Gasteiger partial charge in [-0.25, -0.2) is 4.68 Å². The summed E-state index contributed by atoms with van der Waals surface area (Å²) in [5, 5.41) is 11.9. The lowest BCUT2D eigenvalue weighted by atomic mass is 10.0. The number of hydrogen-bond donors (Lipinski definition) is 2. The van der Waals surface area contributed by atoms with E-state index in [1.54, 1.807) is 7.11 Å². The van der Waals surface area contributed by atoms with Crippen LogP contribution in [0.1, 0.15) is 36.8 Å². The number of methoxy groups -OCH3 is 1. The molecule has 0 fully saturated rings. The zero-order chi connectivity index (χ0) is 21.1. The normalized spacial score (nSPS) is 17.7. The van der Waals surface area contributed by atoms with Gasteiger partial charge in [0.15, 0.2) is 5.82 Å². The van der Waals surface area contributed by atoms with Gasteiger partial charge in [-0.3, -0.25) is 4.79 Å². The standard InChI is InChI=1S/C22H25N5O2S/c1-4-14-8-6-7-9-17(14)23-21(28)20-19(15-10-12-16(29-3)13-11-15)26-27-18(5-2)24-25-22(27)30-20/h6-13,19-20,26H,4-5H2,1-3H3,(H,23,28). The number of amides is 1. The van der Waals surface area contributed by atoms with Gasteiger partial charge in [-0.1, -0.05) is 55.9 Å². The number of anilines is 1. The second-order valence-corrected chi connectivity index (χ2v) is 8.11. The van der Waals surface area contributed by atoms with Crippen LogP contribution >= 0.6 is 11.8 Å². The summed E-state index contributed by atoms with van der Waals surface area (Å²) in [4.78, 5) is 13.4. The number of rotatable bonds is 6. The molecular weight excluding hydrogens is 398 g/mol. The second kappa shape index (κ2) is 8.79. The van der Waals surface area contributed by atoms with Crippen LogP contribution in [0.2, 0.25) is 0 Å². The summed E-state index contributed by atoms with van der Waals surface area (Å²) in [7, 11) is 1.64. The number of nitrogens with zero attached hydrogens (tertiary/aromatic N) is 3. The Kier molecular flexibility index (Phi) is 5.94. The van der Waals surface area contributed by atoms with E-state index in [9.17, 15) is 4.79 Å². The maximum atomic E-state index is 13.4. The average molecular weight is 424 g/mol. The molecule has 2 unspecified atom stereocenters. The van der Waals surface area contributed by atoms with Crippen LogP contribution in [0.25, 0.3) is 0 Å². The molecule has 2 atom stereocenters. The fourth-order valence-electron chi connectivity index (χ4n) is 3.54. The lowest BCUT2D eigenvalue weighted by Crippen LogP contribution is -2.41. The number of benzene rings is 2. The topological polar surface area (TPSA) is 81.1 Å². The number of aryl methyl sites for hydroxylation is 2. The number of carbonyl (C=O) groups excluding carboxylic acids is 1. The van der Waals surface area contributed by atoms with Gasteiger partial charge in [0.1, 0.15) is 11.0 Å². The highest BCUT2D eigenvalue weighted by Gasteiger charge is 2.37. The molecule has 2 N–H and O–H groups in total. The number of carbonyl (C=O) groups is 1. The van der Waals surface area contributed by atoms with E-state index in [2.05, 4.69) is 27.9 Å². The number of thioether (sulfide) groups is 1. The lowest BCUT2D eigenvalue weighted by molar-refractivity contribution is -0.116. The Hall–Kier alpha value is -3.00. The highest BCUT2D eigenvalue weighted by Crippen LogP contribution is 2.38. The maximum absolute atomic E-state index is 13.4. The Morgan fingerprint density at radius 2 is 1.90 bits per heavy atom. The van der Waals surface area contributed by atoms with Gasteiger partial charge < -0.3 is 15.5 Å². The SMILES string of the molecule is CCc1ccccc1NC(=O)C1Sc2nnc(CC)n2NC1c1ccc(OC)cc1. The minimum absolute atomic E-state index is 0.0680. The molecule has 0 saturated heterocycles. The van der Waals surface area contributed by atoms with Crippen molar-refractivity contribution >= 4 is 23.4 Å². The minimum atomic E-state index is -0.412. The molecule has 8 heteroatoms. The van der Waals surface area contributed by atoms with Gasteiger partial charge in [-0.2, -0.15) is 0 Å². The molecule has 0 radical (unpaired) electrons. The smallest absolute Gasteiger partial charge is 0.240 e. The zero-order valence-corrected chi connectivity index (χ0v) is 18.1. The first-order valence-electron chi connectivity index (χ1n) is 10.0. The van der Waals surface area contributed by atoms with Crippen LogP contribution in [0.15, 0.2) is 53.7 Å². The number of hydrogen-bond acceptors (Lipinski definition) is 6. The monoisotopic (exact) mass is 423 g/mol. The number of nitrogens with one attached hydrogen (secondary N) is 2. The van der Waals surface area contributed by atoms with Crippen molar-refractivity contribution in [3.63, 3.8) is 0 Å². The van der Waals surface area contributed by atoms with Gasteiger partial charge in [0, 0.05) is 12.1 Å². The Bertz CT molecular complexity index is 1030. The Morgan fingerprint density at radius 1 is 1.13 bits per heavy atom. The highest BCUT2D eigenvalue weighted by atomic mass is 32.2. The van der Waals surface area contributed by atoms with Crippen molar-refractivity contribution in [2.45, 2.75) is 43.1 Å². The molecule has 0 spiro atoms. The third-order valence-corrected chi connectivity index (χ3v) is 6.42. The first-order valence-corrected chi connectivity index (χ1v) is 10.9. The minimum Gasteiger partial charge on any atom is -0.497 e. The Labute approximate surface area is 180 Å². The summed E-state index contributed by atoms with van der Waals surface area (Å²) in [6, 6.07) is 15.4. The fourth-order valence-corrected chi connectivity index (χ4v) is 4.64. The van der Waals surface area contributed by atoms with Crippen LogP contribution in [0.3, 0.4) is 0 Å². The van der Waals surface area contributed by atoms with Crippen LogP contribution in [-0.2, 0) is 17.6 Å². The molecule has 0 saturated carbocycles. The first kappa shape index (κ1) is 20.3. The molecule has 2 heterocycles. The summed E-state index contributed by atoms with van der Waals surface area (Å²) >= 11 is 1.43. The summed E-state index contributed by atoms with van der Waals surface area (Å²) in [5.74, 6) is 1.55. The summed E-state index contributed by atoms with van der Waals surface area (Å²) in [5.41, 5.74) is 6.41. The Balaban J connectivity index is 1.67. The lowest BCUT2D eigenvalue weighted by Gasteiger charge is -2.33. The van der Waals surface area contributed by atoms with E-state index < -0.39 is 5.25 Å². The van der Waals surface area contributed by atoms with Crippen molar-refractivity contribution in [2.75, 3.05) is 17.9 Å². The molecule has 3 aromatic rings. The molecule has 4 rings (SSSR count). The van der Waals surface area contributed by atoms with E-state index in [4.69, 9.17) is 4.74 Å². The number of para-hydroxylation sites is 1. The third kappa shape index (κ3) is 3.87. The zero-order valence-electron chi connectivity index (χ0n) is 17.3. The molecule has 7 nitrogen and oxygen atoms in total. The summed E-state index contributed by atoms with van der Waals surface area (Å²) in [6.45, 7) is 4.11. The number of ether oxygens (including phenoxy) is 1. The first-order chi connectivity index (χ1) is 14.6. The summed E-state index contributed by atoms with van der Waals surface area (Å²) in [6.07, 6.45) is 1.60. The van der Waals surface area contributed by atoms with Gasteiger partial charge >= 0.3 is 0 Å². The van der Waals surface area contributed by atoms with Gasteiger partial charge in [-0.05, 0) is 35.7 Å². The van der Waals surface area contributed by atoms with E-state index in [-0.39, 0.29) is 11.9 Å². The molecule has 2 aromatic carbocycles. The molecule has 1 aromatic heterocycles. The van der Waals surface area contributed by atoms with Crippen molar-refractivity contribution in [2.24, 2.45) is 0 Å². The highest BCUT2D eigenvalue weighted by molar-refractivity contribution is 8.00. The molecular formula is C22H25N5O2S. The van der Waals surface area contributed by atoms with Gasteiger partial charge in [-0.15, -0.1) is 10.2 Å². The maximum Gasteiger partial charge on any atom is 0.240 e. The van der Waals surface area contributed by atoms with Crippen molar-refractivity contribution in [3.8, 4) is 5.75 Å². The van der Waals surface area contributed by atoms with Crippen LogP contribution in [0.4, 0.5) is 5.69 Å². The van der Waals surface area contributed by atoms with Crippen LogP contribution < -0.4 is 15.5 Å². The van der Waals surface area contributed by atoms with Crippen LogP contribution in [-0.4, -0.2) is 33.1 Å². The predicted octanol–water partition coefficient (Wildman–Crippen LogP) is 3.81. The molecule has 1 amide bonds. The molecule has 0 bridgehead atoms. The van der Waals surface area contributed by atoms with Gasteiger partial charge in [0.2, 0.25) is 11.1 Å². The molecule has 156 valence electrons. The van der Waals surface area contributed by atoms with Crippen LogP contribution in [0.5, 0.6) is 5.75 Å². The van der Waals surface area contributed by atoms with E-state index in [0.717, 1.165) is 41.2 Å². The number of aromatic nitrogens is 3. The average Bonchev–Trinajstić information content (AvgIpc) is 3.20. The van der Waals surface area contributed by atoms with E-state index >= 15 is 0 Å². The largest absolute Gasteiger partial charge is 0.497 e. The van der Waals surface area contributed by atoms with Gasteiger partial charge in [0.25, 0.3) is 0 Å². The molecule has 30 heavy (non-hydrogen) atoms. The second-order valence-electron chi connectivity index (χ2n) is 7.01. The van der Waals surface area contributed by atoms with E-state index in [0.29, 0.717) is 5.16 Å². The van der Waals surface area contributed by atoms with Crippen molar-refractivity contribution < 1.29 is 9.53 Å². The van der Waals surface area contributed by atoms with Gasteiger partial charge in [0.05, 0.1) is 13.2 Å². The fraction of sp³-hybridized carbons (Fsp3) is 0.318.